The van der Waals surface area contributed by atoms with Crippen LogP contribution in [0.25, 0.3) is 0 Å². The maximum Gasteiger partial charge on any atom is 0.255 e. The SMILES string of the molecule is CCOc1ccc(C(=O)N2CCN(c3ccc(Nc4ccccn4)nn3)CC2)cn1. The second kappa shape index (κ2) is 9.17. The van der Waals surface area contributed by atoms with Crippen molar-refractivity contribution in [2.24, 2.45) is 0 Å². The maximum absolute atomic E-state index is 12.7. The molecule has 1 aliphatic rings. The van der Waals surface area contributed by atoms with Crippen molar-refractivity contribution in [1.82, 2.24) is 25.1 Å². The number of carbonyl (C=O) groups excluding carboxylic acids is 1. The number of rotatable bonds is 6. The average Bonchev–Trinajstić information content (AvgIpc) is 2.81. The minimum Gasteiger partial charge on any atom is -0.478 e. The Bertz CT molecular complexity index is 957. The van der Waals surface area contributed by atoms with Gasteiger partial charge in [0, 0.05) is 44.6 Å². The molecule has 4 heterocycles. The highest BCUT2D eigenvalue weighted by atomic mass is 16.5. The van der Waals surface area contributed by atoms with Gasteiger partial charge in [-0.1, -0.05) is 6.07 Å². The van der Waals surface area contributed by atoms with Gasteiger partial charge in [0.2, 0.25) is 5.88 Å². The molecule has 0 unspecified atom stereocenters. The molecule has 3 aromatic rings. The van der Waals surface area contributed by atoms with Crippen LogP contribution in [0, 0.1) is 0 Å². The lowest BCUT2D eigenvalue weighted by Gasteiger charge is -2.35. The van der Waals surface area contributed by atoms with E-state index >= 15 is 0 Å². The van der Waals surface area contributed by atoms with Crippen LogP contribution in [0.3, 0.4) is 0 Å². The van der Waals surface area contributed by atoms with E-state index in [0.29, 0.717) is 50.0 Å². The number of nitrogens with one attached hydrogen (secondary N) is 1. The first-order valence-electron chi connectivity index (χ1n) is 9.88. The second-order valence-electron chi connectivity index (χ2n) is 6.71. The van der Waals surface area contributed by atoms with Gasteiger partial charge in [0.1, 0.15) is 5.82 Å². The molecule has 0 aromatic carbocycles. The molecule has 154 valence electrons. The molecular formula is C21H23N7O2. The van der Waals surface area contributed by atoms with E-state index in [9.17, 15) is 4.79 Å². The van der Waals surface area contributed by atoms with E-state index < -0.39 is 0 Å². The molecule has 1 N–H and O–H groups in total. The predicted molar refractivity (Wildman–Crippen MR) is 113 cm³/mol. The molecule has 0 saturated carbocycles. The molecule has 1 aliphatic heterocycles. The number of ether oxygens (including phenoxy) is 1. The molecule has 30 heavy (non-hydrogen) atoms. The van der Waals surface area contributed by atoms with Crippen molar-refractivity contribution < 1.29 is 9.53 Å². The average molecular weight is 405 g/mol. The van der Waals surface area contributed by atoms with Crippen LogP contribution in [0.1, 0.15) is 17.3 Å². The van der Waals surface area contributed by atoms with Crippen molar-refractivity contribution in [2.45, 2.75) is 6.92 Å². The summed E-state index contributed by atoms with van der Waals surface area (Å²) in [6.45, 7) is 5.06. The third-order valence-electron chi connectivity index (χ3n) is 4.74. The molecule has 9 heteroatoms. The van der Waals surface area contributed by atoms with Gasteiger partial charge in [0.15, 0.2) is 11.6 Å². The normalized spacial score (nSPS) is 13.8. The van der Waals surface area contributed by atoms with E-state index in [2.05, 4.69) is 30.4 Å². The Hall–Kier alpha value is -3.75. The first kappa shape index (κ1) is 19.6. The Morgan fingerprint density at radius 1 is 1.00 bits per heavy atom. The number of aromatic nitrogens is 4. The zero-order valence-electron chi connectivity index (χ0n) is 16.7. The molecule has 1 saturated heterocycles. The molecule has 0 spiro atoms. The predicted octanol–water partition coefficient (Wildman–Crippen LogP) is 2.37. The molecule has 0 radical (unpaired) electrons. The van der Waals surface area contributed by atoms with Crippen LogP contribution < -0.4 is 15.0 Å². The molecule has 3 aromatic heterocycles. The highest BCUT2D eigenvalue weighted by Crippen LogP contribution is 2.18. The van der Waals surface area contributed by atoms with Crippen molar-refractivity contribution >= 4 is 23.4 Å². The van der Waals surface area contributed by atoms with Crippen molar-refractivity contribution in [3.05, 3.63) is 60.4 Å². The highest BCUT2D eigenvalue weighted by Gasteiger charge is 2.23. The van der Waals surface area contributed by atoms with Gasteiger partial charge in [-0.15, -0.1) is 10.2 Å². The summed E-state index contributed by atoms with van der Waals surface area (Å²) in [5.74, 6) is 2.64. The largest absolute Gasteiger partial charge is 0.478 e. The van der Waals surface area contributed by atoms with Crippen LogP contribution in [-0.4, -0.2) is 63.8 Å². The fourth-order valence-electron chi connectivity index (χ4n) is 3.19. The van der Waals surface area contributed by atoms with Crippen LogP contribution in [0.2, 0.25) is 0 Å². The number of nitrogens with zero attached hydrogens (tertiary/aromatic N) is 6. The van der Waals surface area contributed by atoms with Crippen molar-refractivity contribution in [1.29, 1.82) is 0 Å². The highest BCUT2D eigenvalue weighted by molar-refractivity contribution is 5.94. The zero-order chi connectivity index (χ0) is 20.8. The lowest BCUT2D eigenvalue weighted by atomic mass is 10.2. The maximum atomic E-state index is 12.7. The van der Waals surface area contributed by atoms with Gasteiger partial charge < -0.3 is 19.9 Å². The Balaban J connectivity index is 1.32. The summed E-state index contributed by atoms with van der Waals surface area (Å²) >= 11 is 0. The number of carbonyl (C=O) groups is 1. The third-order valence-corrected chi connectivity index (χ3v) is 4.74. The molecule has 0 aliphatic carbocycles. The third kappa shape index (κ3) is 4.62. The number of hydrogen-bond acceptors (Lipinski definition) is 8. The molecule has 1 amide bonds. The van der Waals surface area contributed by atoms with Gasteiger partial charge in [-0.05, 0) is 37.3 Å². The fraction of sp³-hybridized carbons (Fsp3) is 0.286. The number of hydrogen-bond donors (Lipinski definition) is 1. The first-order valence-corrected chi connectivity index (χ1v) is 9.88. The van der Waals surface area contributed by atoms with Crippen LogP contribution in [0.5, 0.6) is 5.88 Å². The standard InChI is InChI=1S/C21H23N7O2/c1-2-30-20-9-6-16(15-23-20)21(29)28-13-11-27(12-14-28)19-8-7-18(25-26-19)24-17-5-3-4-10-22-17/h3-10,15H,2,11-14H2,1H3,(H,22,24,25). The Morgan fingerprint density at radius 3 is 2.50 bits per heavy atom. The van der Waals surface area contributed by atoms with E-state index in [1.807, 2.05) is 42.2 Å². The summed E-state index contributed by atoms with van der Waals surface area (Å²) in [7, 11) is 0. The Kier molecular flexibility index (Phi) is 5.98. The van der Waals surface area contributed by atoms with E-state index in [0.717, 1.165) is 11.6 Å². The molecule has 0 bridgehead atoms. The van der Waals surface area contributed by atoms with Gasteiger partial charge in [-0.25, -0.2) is 9.97 Å². The summed E-state index contributed by atoms with van der Waals surface area (Å²) in [4.78, 5) is 25.1. The van der Waals surface area contributed by atoms with Gasteiger partial charge >= 0.3 is 0 Å². The molecule has 1 fully saturated rings. The Labute approximate surface area is 174 Å². The summed E-state index contributed by atoms with van der Waals surface area (Å²) in [6, 6.07) is 12.9. The minimum absolute atomic E-state index is 0.0220. The van der Waals surface area contributed by atoms with E-state index in [1.54, 1.807) is 24.5 Å². The zero-order valence-corrected chi connectivity index (χ0v) is 16.7. The lowest BCUT2D eigenvalue weighted by molar-refractivity contribution is 0.0746. The monoisotopic (exact) mass is 405 g/mol. The molecule has 4 rings (SSSR count). The van der Waals surface area contributed by atoms with Crippen molar-refractivity contribution in [3.8, 4) is 5.88 Å². The summed E-state index contributed by atoms with van der Waals surface area (Å²) < 4.78 is 5.33. The molecule has 0 atom stereocenters. The van der Waals surface area contributed by atoms with Gasteiger partial charge in [0.25, 0.3) is 5.91 Å². The van der Waals surface area contributed by atoms with E-state index in [1.165, 1.54) is 0 Å². The van der Waals surface area contributed by atoms with Crippen LogP contribution >= 0.6 is 0 Å². The van der Waals surface area contributed by atoms with Crippen LogP contribution in [-0.2, 0) is 0 Å². The molecular weight excluding hydrogens is 382 g/mol. The van der Waals surface area contributed by atoms with Gasteiger partial charge in [-0.3, -0.25) is 4.79 Å². The van der Waals surface area contributed by atoms with Gasteiger partial charge in [0.05, 0.1) is 12.2 Å². The second-order valence-corrected chi connectivity index (χ2v) is 6.71. The fourth-order valence-corrected chi connectivity index (χ4v) is 3.19. The topological polar surface area (TPSA) is 96.4 Å². The minimum atomic E-state index is -0.0220. The summed E-state index contributed by atoms with van der Waals surface area (Å²) in [5, 5.41) is 11.7. The number of anilines is 3. The number of amides is 1. The first-order chi connectivity index (χ1) is 14.7. The van der Waals surface area contributed by atoms with Crippen LogP contribution in [0.4, 0.5) is 17.5 Å². The quantitative estimate of drug-likeness (QED) is 0.668. The van der Waals surface area contributed by atoms with Crippen LogP contribution in [0.15, 0.2) is 54.9 Å². The summed E-state index contributed by atoms with van der Waals surface area (Å²) in [6.07, 6.45) is 3.28. The Morgan fingerprint density at radius 2 is 1.87 bits per heavy atom. The van der Waals surface area contributed by atoms with Crippen molar-refractivity contribution in [3.63, 3.8) is 0 Å². The van der Waals surface area contributed by atoms with Gasteiger partial charge in [-0.2, -0.15) is 0 Å². The van der Waals surface area contributed by atoms with E-state index in [-0.39, 0.29) is 5.91 Å². The number of pyridine rings is 2. The molecule has 9 nitrogen and oxygen atoms in total. The smallest absolute Gasteiger partial charge is 0.255 e. The summed E-state index contributed by atoms with van der Waals surface area (Å²) in [5.41, 5.74) is 0.566. The number of piperazine rings is 1. The lowest BCUT2D eigenvalue weighted by Crippen LogP contribution is -2.49. The van der Waals surface area contributed by atoms with Crippen molar-refractivity contribution in [2.75, 3.05) is 43.0 Å². The van der Waals surface area contributed by atoms with E-state index in [4.69, 9.17) is 4.74 Å².